The average molecular weight is 277 g/mol. The number of nitrogen functional groups attached to an aromatic ring is 1. The third-order valence-corrected chi connectivity index (χ3v) is 4.65. The normalized spacial score (nSPS) is 19.8. The van der Waals surface area contributed by atoms with Crippen LogP contribution in [-0.2, 0) is 0 Å². The molecule has 5 nitrogen and oxygen atoms in total. The molecule has 2 aromatic heterocycles. The number of aryl methyl sites for hydroxylation is 1. The number of hydrogen-bond acceptors (Lipinski definition) is 6. The lowest BCUT2D eigenvalue weighted by Gasteiger charge is -2.21. The zero-order chi connectivity index (χ0) is 13.6. The first kappa shape index (κ1) is 12.6. The highest BCUT2D eigenvalue weighted by Crippen LogP contribution is 2.33. The number of anilines is 2. The van der Waals surface area contributed by atoms with Gasteiger partial charge in [0.25, 0.3) is 0 Å². The minimum atomic E-state index is 0.373. The van der Waals surface area contributed by atoms with Gasteiger partial charge in [-0.15, -0.1) is 11.3 Å². The van der Waals surface area contributed by atoms with Gasteiger partial charge in [0.15, 0.2) is 0 Å². The summed E-state index contributed by atoms with van der Waals surface area (Å²) in [6, 6.07) is 2.75. The van der Waals surface area contributed by atoms with Gasteiger partial charge in [0.2, 0.25) is 5.95 Å². The van der Waals surface area contributed by atoms with Crippen molar-refractivity contribution in [2.24, 2.45) is 0 Å². The lowest BCUT2D eigenvalue weighted by Crippen LogP contribution is -2.31. The first-order valence-corrected chi connectivity index (χ1v) is 7.31. The molecule has 19 heavy (non-hydrogen) atoms. The van der Waals surface area contributed by atoms with Crippen molar-refractivity contribution in [1.29, 1.82) is 0 Å². The molecule has 0 saturated carbocycles. The van der Waals surface area contributed by atoms with E-state index in [-0.39, 0.29) is 0 Å². The summed E-state index contributed by atoms with van der Waals surface area (Å²) in [5, 5.41) is 1.14. The molecule has 2 N–H and O–H groups in total. The zero-order valence-corrected chi connectivity index (χ0v) is 12.4. The van der Waals surface area contributed by atoms with Crippen molar-refractivity contribution in [3.8, 4) is 0 Å². The van der Waals surface area contributed by atoms with Crippen LogP contribution >= 0.6 is 11.3 Å². The second-order valence-corrected chi connectivity index (χ2v) is 6.57. The lowest BCUT2D eigenvalue weighted by atomic mass is 10.2. The van der Waals surface area contributed by atoms with Gasteiger partial charge >= 0.3 is 0 Å². The molecule has 0 aliphatic carbocycles. The Hall–Kier alpha value is -1.40. The lowest BCUT2D eigenvalue weighted by molar-refractivity contribution is 0.315. The Kier molecular flexibility index (Phi) is 3.06. The van der Waals surface area contributed by atoms with Crippen LogP contribution in [0.4, 0.5) is 11.8 Å². The fourth-order valence-corrected chi connectivity index (χ4v) is 3.52. The van der Waals surface area contributed by atoms with E-state index in [1.807, 2.05) is 0 Å². The van der Waals surface area contributed by atoms with E-state index >= 15 is 0 Å². The molecule has 0 aromatic carbocycles. The van der Waals surface area contributed by atoms with Gasteiger partial charge in [0, 0.05) is 24.0 Å². The number of rotatable bonds is 2. The summed E-state index contributed by atoms with van der Waals surface area (Å²) in [6.07, 6.45) is 1.17. The van der Waals surface area contributed by atoms with Crippen LogP contribution in [0, 0.1) is 6.92 Å². The van der Waals surface area contributed by atoms with Crippen LogP contribution in [0.15, 0.2) is 6.07 Å². The topological polar surface area (TPSA) is 58.3 Å². The minimum absolute atomic E-state index is 0.373. The van der Waals surface area contributed by atoms with Crippen molar-refractivity contribution >= 4 is 33.3 Å². The number of nitrogens with zero attached hydrogens (tertiary/aromatic N) is 4. The number of likely N-dealkylation sites (N-methyl/N-ethyl adjacent to an activating group) is 1. The zero-order valence-electron chi connectivity index (χ0n) is 11.6. The van der Waals surface area contributed by atoms with Gasteiger partial charge in [-0.1, -0.05) is 0 Å². The van der Waals surface area contributed by atoms with E-state index in [9.17, 15) is 0 Å². The summed E-state index contributed by atoms with van der Waals surface area (Å²) in [5.74, 6) is 1.37. The molecule has 1 unspecified atom stereocenters. The molecule has 0 amide bonds. The quantitative estimate of drug-likeness (QED) is 0.906. The van der Waals surface area contributed by atoms with Gasteiger partial charge in [0.1, 0.15) is 10.6 Å². The fraction of sp³-hybridized carbons (Fsp3) is 0.538. The molecular formula is C13H19N5S. The molecule has 1 saturated heterocycles. The molecule has 2 aromatic rings. The third-order valence-electron chi connectivity index (χ3n) is 3.71. The number of fused-ring (bicyclic) bond motifs is 1. The highest BCUT2D eigenvalue weighted by Gasteiger charge is 2.26. The van der Waals surface area contributed by atoms with Crippen LogP contribution in [0.3, 0.4) is 0 Å². The highest BCUT2D eigenvalue weighted by molar-refractivity contribution is 7.18. The molecule has 3 heterocycles. The summed E-state index contributed by atoms with van der Waals surface area (Å²) in [6.45, 7) is 4.13. The Morgan fingerprint density at radius 3 is 2.89 bits per heavy atom. The van der Waals surface area contributed by atoms with Gasteiger partial charge < -0.3 is 15.5 Å². The molecule has 1 atom stereocenters. The van der Waals surface area contributed by atoms with Crippen molar-refractivity contribution in [1.82, 2.24) is 14.9 Å². The minimum Gasteiger partial charge on any atom is -0.368 e. The smallest absolute Gasteiger partial charge is 0.223 e. The second kappa shape index (κ2) is 4.61. The van der Waals surface area contributed by atoms with Crippen molar-refractivity contribution in [2.75, 3.05) is 37.8 Å². The van der Waals surface area contributed by atoms with E-state index in [2.05, 4.69) is 46.9 Å². The van der Waals surface area contributed by atoms with E-state index < -0.39 is 0 Å². The summed E-state index contributed by atoms with van der Waals surface area (Å²) in [5.41, 5.74) is 5.84. The van der Waals surface area contributed by atoms with Crippen LogP contribution in [0.1, 0.15) is 11.3 Å². The largest absolute Gasteiger partial charge is 0.368 e. The van der Waals surface area contributed by atoms with Crippen molar-refractivity contribution in [3.05, 3.63) is 10.9 Å². The molecule has 0 radical (unpaired) electrons. The number of nitrogens with two attached hydrogens (primary N) is 1. The predicted octanol–water partition coefficient (Wildman–Crippen LogP) is 1.72. The van der Waals surface area contributed by atoms with Gasteiger partial charge in [-0.05, 0) is 33.5 Å². The average Bonchev–Trinajstić information content (AvgIpc) is 2.93. The van der Waals surface area contributed by atoms with Crippen molar-refractivity contribution in [2.45, 2.75) is 19.4 Å². The monoisotopic (exact) mass is 277 g/mol. The molecule has 0 bridgehead atoms. The summed E-state index contributed by atoms with van der Waals surface area (Å²) in [4.78, 5) is 15.7. The van der Waals surface area contributed by atoms with Gasteiger partial charge in [-0.2, -0.15) is 4.98 Å². The first-order valence-electron chi connectivity index (χ1n) is 6.49. The van der Waals surface area contributed by atoms with Gasteiger partial charge in [-0.3, -0.25) is 0 Å². The summed E-state index contributed by atoms with van der Waals surface area (Å²) >= 11 is 1.68. The van der Waals surface area contributed by atoms with Crippen molar-refractivity contribution in [3.63, 3.8) is 0 Å². The van der Waals surface area contributed by atoms with Crippen molar-refractivity contribution < 1.29 is 0 Å². The molecule has 102 valence electrons. The van der Waals surface area contributed by atoms with Gasteiger partial charge in [0.05, 0.1) is 5.39 Å². The molecule has 1 fully saturated rings. The maximum Gasteiger partial charge on any atom is 0.223 e. The van der Waals surface area contributed by atoms with Gasteiger partial charge in [-0.25, -0.2) is 4.98 Å². The van der Waals surface area contributed by atoms with E-state index in [0.717, 1.165) is 29.1 Å². The molecule has 0 spiro atoms. The summed E-state index contributed by atoms with van der Waals surface area (Å²) < 4.78 is 0. The maximum absolute atomic E-state index is 5.84. The highest BCUT2D eigenvalue weighted by atomic mass is 32.1. The first-order chi connectivity index (χ1) is 9.04. The van der Waals surface area contributed by atoms with E-state index in [1.165, 1.54) is 11.3 Å². The standard InChI is InChI=1S/C13H19N5S/c1-8-6-10-11(15-13(14)16-12(10)19-8)18-5-4-9(7-18)17(2)3/h6,9H,4-5,7H2,1-3H3,(H2,14,15,16). The van der Waals surface area contributed by atoms with E-state index in [4.69, 9.17) is 5.73 Å². The predicted molar refractivity (Wildman–Crippen MR) is 80.9 cm³/mol. The Balaban J connectivity index is 2.01. The fourth-order valence-electron chi connectivity index (χ4n) is 2.64. The number of hydrogen-bond donors (Lipinski definition) is 1. The van der Waals surface area contributed by atoms with Crippen LogP contribution in [-0.4, -0.2) is 48.1 Å². The molecule has 3 rings (SSSR count). The maximum atomic E-state index is 5.84. The molecule has 1 aliphatic rings. The Bertz CT molecular complexity index is 606. The number of aromatic nitrogens is 2. The molecule has 1 aliphatic heterocycles. The Morgan fingerprint density at radius 2 is 2.21 bits per heavy atom. The summed E-state index contributed by atoms with van der Waals surface area (Å²) in [7, 11) is 4.26. The van der Waals surface area contributed by atoms with Crippen LogP contribution < -0.4 is 10.6 Å². The second-order valence-electron chi connectivity index (χ2n) is 5.33. The van der Waals surface area contributed by atoms with E-state index in [1.54, 1.807) is 11.3 Å². The number of thiophene rings is 1. The third kappa shape index (κ3) is 2.26. The van der Waals surface area contributed by atoms with Crippen LogP contribution in [0.2, 0.25) is 0 Å². The SMILES string of the molecule is Cc1cc2c(N3CCC(N(C)C)C3)nc(N)nc2s1. The van der Waals surface area contributed by atoms with E-state index in [0.29, 0.717) is 12.0 Å². The Labute approximate surface area is 117 Å². The van der Waals surface area contributed by atoms with Crippen LogP contribution in [0.5, 0.6) is 0 Å². The van der Waals surface area contributed by atoms with Crippen LogP contribution in [0.25, 0.3) is 10.2 Å². The molecule has 6 heteroatoms. The Morgan fingerprint density at radius 1 is 1.42 bits per heavy atom. The molecular weight excluding hydrogens is 258 g/mol.